The highest BCUT2D eigenvalue weighted by Crippen LogP contribution is 2.26. The average Bonchev–Trinajstić information content (AvgIpc) is 0.987. The van der Waals surface area contributed by atoms with Crippen LogP contribution in [0.25, 0.3) is 0 Å². The molecule has 25 heteroatoms. The Labute approximate surface area is 537 Å². The van der Waals surface area contributed by atoms with Crippen molar-refractivity contribution in [2.24, 2.45) is 35.5 Å². The number of amides is 11. The van der Waals surface area contributed by atoms with Gasteiger partial charge in [0, 0.05) is 55.9 Å². The third kappa shape index (κ3) is 23.4. The van der Waals surface area contributed by atoms with E-state index in [4.69, 9.17) is 4.74 Å². The second-order valence-corrected chi connectivity index (χ2v) is 26.8. The van der Waals surface area contributed by atoms with Crippen LogP contribution in [0.1, 0.15) is 156 Å². The number of allylic oxidation sites excluding steroid dienone is 2. The second-order valence-electron chi connectivity index (χ2n) is 26.4. The fraction of sp³-hybridized carbons (Fsp3) is 0.797. The third-order valence-corrected chi connectivity index (χ3v) is 17.0. The number of ether oxygens (including phenoxy) is 1. The molecule has 0 saturated carbocycles. The molecule has 89 heavy (non-hydrogen) atoms. The molecule has 0 spiro atoms. The zero-order valence-corrected chi connectivity index (χ0v) is 58.9. The van der Waals surface area contributed by atoms with Gasteiger partial charge in [0.1, 0.15) is 60.4 Å². The predicted molar refractivity (Wildman–Crippen MR) is 347 cm³/mol. The SMILES string of the molecule is C/C=C/C[C@@H](C)[C@@H](O)[C@H]1C(=O)N[C@@H](CC)C(=O)N(C)CC(=O)N(C)[C@@H]([C@@H](C)OCCCCS)C(=O)N[C@@H](C(C)C)C(=O)N(C)[C@@H](CC(C)C)C(=O)N[C@@H](C)C(=O)N[C@H](C)C(=O)N(C)[C@@H](CC(C)C)C(=O)N(C)[C@H](CC(C)C)C(=O)N(C)[C@H](C(C)C)C(=O)N1C. The molecule has 0 aromatic rings. The topological polar surface area (TPSA) is 288 Å². The number of likely N-dealkylation sites (N-methyl/N-ethyl adjacent to an activating group) is 7. The van der Waals surface area contributed by atoms with Gasteiger partial charge in [-0.15, -0.1) is 0 Å². The van der Waals surface area contributed by atoms with Crippen molar-refractivity contribution >= 4 is 77.6 Å². The summed E-state index contributed by atoms with van der Waals surface area (Å²) < 4.78 is 6.14. The van der Waals surface area contributed by atoms with Crippen LogP contribution in [-0.2, 0) is 57.5 Å². The van der Waals surface area contributed by atoms with Gasteiger partial charge in [-0.25, -0.2) is 0 Å². The van der Waals surface area contributed by atoms with E-state index in [0.29, 0.717) is 25.0 Å². The monoisotopic (exact) mass is 1280 g/mol. The Morgan fingerprint density at radius 3 is 1.48 bits per heavy atom. The van der Waals surface area contributed by atoms with Crippen molar-refractivity contribution in [3.8, 4) is 0 Å². The Hall–Kier alpha value is -5.82. The molecule has 1 saturated heterocycles. The third-order valence-electron chi connectivity index (χ3n) is 16.7. The molecule has 0 radical (unpaired) electrons. The van der Waals surface area contributed by atoms with Gasteiger partial charge < -0.3 is 65.4 Å². The molecule has 0 unspecified atom stereocenters. The van der Waals surface area contributed by atoms with Crippen molar-refractivity contribution in [1.82, 2.24) is 55.6 Å². The molecular weight excluding hydrogens is 1160 g/mol. The summed E-state index contributed by atoms with van der Waals surface area (Å²) in [6.07, 6.45) is 3.09. The zero-order chi connectivity index (χ0) is 68.8. The summed E-state index contributed by atoms with van der Waals surface area (Å²) in [5, 5.41) is 23.1. The standard InChI is InChI=1S/C64H115N11O13S/c1-24-26-29-41(13)54(77)53-58(81)67-45(25-2)60(83)69(17)35-49(76)73(21)52(44(16)88-30-27-28-31-89)57(80)68-50(39(9)10)63(86)70(18)46(32-36(3)4)56(79)65-42(14)55(78)66-43(15)59(82)71(19)47(33-37(5)6)61(84)72(20)48(34-38(7)8)62(85)74(22)51(40(11)12)64(87)75(53)23/h24,26,36-48,50-54,77,89H,25,27-35H2,1-23H3,(H,65,79)(H,66,78)(H,67,81)(H,68,80)/b26-24+/t41-,42+,43-,44-,45+,46+,47+,48-,50+,51-,52+,53+,54-/m1/s1. The lowest BCUT2D eigenvalue weighted by Gasteiger charge is -2.41. The number of nitrogens with one attached hydrogen (secondary N) is 4. The van der Waals surface area contributed by atoms with E-state index >= 15 is 9.59 Å². The molecule has 5 N–H and O–H groups in total. The minimum absolute atomic E-state index is 0.00113. The van der Waals surface area contributed by atoms with Gasteiger partial charge in [-0.1, -0.05) is 95.2 Å². The van der Waals surface area contributed by atoms with Crippen LogP contribution in [0.3, 0.4) is 0 Å². The molecule has 510 valence electrons. The summed E-state index contributed by atoms with van der Waals surface area (Å²) in [5.74, 6) is -9.45. The normalized spacial score (nSPS) is 26.5. The molecule has 0 aromatic carbocycles. The molecule has 24 nitrogen and oxygen atoms in total. The van der Waals surface area contributed by atoms with Gasteiger partial charge in [-0.3, -0.25) is 52.7 Å². The van der Waals surface area contributed by atoms with E-state index in [-0.39, 0.29) is 50.0 Å². The lowest BCUT2D eigenvalue weighted by atomic mass is 9.91. The molecule has 1 rings (SSSR count). The van der Waals surface area contributed by atoms with E-state index in [0.717, 1.165) is 14.7 Å². The van der Waals surface area contributed by atoms with Crippen molar-refractivity contribution in [2.45, 2.75) is 228 Å². The van der Waals surface area contributed by atoms with Crippen LogP contribution in [0.2, 0.25) is 0 Å². The number of hydrogen-bond donors (Lipinski definition) is 6. The van der Waals surface area contributed by atoms with Gasteiger partial charge in [-0.2, -0.15) is 12.6 Å². The first-order valence-electron chi connectivity index (χ1n) is 31.8. The first kappa shape index (κ1) is 81.2. The molecule has 11 amide bonds. The Balaban J connectivity index is 4.38. The van der Waals surface area contributed by atoms with E-state index in [1.165, 1.54) is 82.8 Å². The Morgan fingerprint density at radius 2 is 1.00 bits per heavy atom. The summed E-state index contributed by atoms with van der Waals surface area (Å²) in [6.45, 7) is 27.2. The van der Waals surface area contributed by atoms with E-state index in [1.807, 2.05) is 41.5 Å². The minimum Gasteiger partial charge on any atom is -0.390 e. The molecular formula is C64H115N11O13S. The first-order valence-corrected chi connectivity index (χ1v) is 32.5. The maximum Gasteiger partial charge on any atom is 0.246 e. The Bertz CT molecular complexity index is 2410. The Morgan fingerprint density at radius 1 is 0.528 bits per heavy atom. The average molecular weight is 1280 g/mol. The van der Waals surface area contributed by atoms with E-state index in [2.05, 4.69) is 33.9 Å². The van der Waals surface area contributed by atoms with Gasteiger partial charge in [-0.05, 0) is 114 Å². The van der Waals surface area contributed by atoms with Crippen LogP contribution in [0.4, 0.5) is 0 Å². The molecule has 1 fully saturated rings. The summed E-state index contributed by atoms with van der Waals surface area (Å²) in [4.78, 5) is 170. The van der Waals surface area contributed by atoms with Crippen LogP contribution in [-0.4, -0.2) is 245 Å². The fourth-order valence-corrected chi connectivity index (χ4v) is 11.3. The summed E-state index contributed by atoms with van der Waals surface area (Å²) in [7, 11) is 9.81. The summed E-state index contributed by atoms with van der Waals surface area (Å²) in [6, 6.07) is -12.8. The van der Waals surface area contributed by atoms with Gasteiger partial charge >= 0.3 is 0 Å². The van der Waals surface area contributed by atoms with E-state index in [1.54, 1.807) is 67.5 Å². The van der Waals surface area contributed by atoms with Gasteiger partial charge in [0.05, 0.1) is 18.8 Å². The van der Waals surface area contributed by atoms with Crippen molar-refractivity contribution in [3.63, 3.8) is 0 Å². The molecule has 1 aliphatic rings. The van der Waals surface area contributed by atoms with Gasteiger partial charge in [0.15, 0.2) is 0 Å². The van der Waals surface area contributed by atoms with Crippen molar-refractivity contribution in [2.75, 3.05) is 68.2 Å². The van der Waals surface area contributed by atoms with Crippen LogP contribution < -0.4 is 21.3 Å². The molecule has 13 atom stereocenters. The number of hydrogen-bond acceptors (Lipinski definition) is 14. The summed E-state index contributed by atoms with van der Waals surface area (Å²) in [5.41, 5.74) is 0. The number of nitrogens with zero attached hydrogens (tertiary/aromatic N) is 7. The quantitative estimate of drug-likeness (QED) is 0.0616. The predicted octanol–water partition coefficient (Wildman–Crippen LogP) is 3.34. The molecule has 1 aliphatic heterocycles. The van der Waals surface area contributed by atoms with Gasteiger partial charge in [0.25, 0.3) is 0 Å². The zero-order valence-electron chi connectivity index (χ0n) is 58.0. The number of rotatable bonds is 19. The number of thiol groups is 1. The number of carbonyl (C=O) groups excluding carboxylic acids is 11. The molecule has 0 bridgehead atoms. The lowest BCUT2D eigenvalue weighted by Crippen LogP contribution is -2.63. The van der Waals surface area contributed by atoms with Crippen molar-refractivity contribution in [3.05, 3.63) is 12.2 Å². The number of carbonyl (C=O) groups is 11. The molecule has 1 heterocycles. The largest absolute Gasteiger partial charge is 0.390 e. The number of aliphatic hydroxyl groups is 1. The highest BCUT2D eigenvalue weighted by atomic mass is 32.1. The van der Waals surface area contributed by atoms with Gasteiger partial charge in [0.2, 0.25) is 65.0 Å². The number of unbranched alkanes of at least 4 members (excludes halogenated alkanes) is 1. The highest BCUT2D eigenvalue weighted by molar-refractivity contribution is 7.80. The van der Waals surface area contributed by atoms with E-state index in [9.17, 15) is 48.3 Å². The maximum atomic E-state index is 15.2. The minimum atomic E-state index is -1.63. The van der Waals surface area contributed by atoms with Crippen LogP contribution in [0.5, 0.6) is 0 Å². The van der Waals surface area contributed by atoms with Crippen molar-refractivity contribution < 1.29 is 62.6 Å². The van der Waals surface area contributed by atoms with Crippen LogP contribution >= 0.6 is 12.6 Å². The Kier molecular flexibility index (Phi) is 34.8. The summed E-state index contributed by atoms with van der Waals surface area (Å²) >= 11 is 4.30. The molecule has 0 aliphatic carbocycles. The van der Waals surface area contributed by atoms with E-state index < -0.39 is 162 Å². The number of aliphatic hydroxyl groups excluding tert-OH is 1. The van der Waals surface area contributed by atoms with Crippen LogP contribution in [0.15, 0.2) is 12.2 Å². The maximum absolute atomic E-state index is 15.2. The van der Waals surface area contributed by atoms with Crippen molar-refractivity contribution in [1.29, 1.82) is 0 Å². The fourth-order valence-electron chi connectivity index (χ4n) is 11.0. The smallest absolute Gasteiger partial charge is 0.246 e. The first-order chi connectivity index (χ1) is 41.3. The molecule has 0 aromatic heterocycles. The van der Waals surface area contributed by atoms with Crippen LogP contribution in [0, 0.1) is 35.5 Å². The lowest BCUT2D eigenvalue weighted by molar-refractivity contribution is -0.157. The second kappa shape index (κ2) is 38.1. The highest BCUT2D eigenvalue weighted by Gasteiger charge is 2.46.